The van der Waals surface area contributed by atoms with Gasteiger partial charge in [-0.05, 0) is 0 Å². The molecule has 0 aromatic heterocycles. The van der Waals surface area contributed by atoms with Crippen molar-refractivity contribution >= 4 is 30.9 Å². The van der Waals surface area contributed by atoms with Gasteiger partial charge >= 0.3 is 60.4 Å². The summed E-state index contributed by atoms with van der Waals surface area (Å²) in [5.74, 6) is 0. The van der Waals surface area contributed by atoms with E-state index in [2.05, 4.69) is 0 Å². The van der Waals surface area contributed by atoms with Gasteiger partial charge in [-0.3, -0.25) is 0 Å². The SMILES string of the molecule is O=P(O)(O)O.[H-].[H-].[H-].[Mg+2].[Na+].[Ti]. The van der Waals surface area contributed by atoms with Gasteiger partial charge < -0.3 is 19.0 Å². The molecule has 0 spiro atoms. The van der Waals surface area contributed by atoms with E-state index in [1.807, 2.05) is 0 Å². The van der Waals surface area contributed by atoms with E-state index < -0.39 is 7.82 Å². The summed E-state index contributed by atoms with van der Waals surface area (Å²) >= 11 is 0. The molecule has 0 saturated carbocycles. The van der Waals surface area contributed by atoms with Gasteiger partial charge in [0.15, 0.2) is 0 Å². The summed E-state index contributed by atoms with van der Waals surface area (Å²) in [6.07, 6.45) is 0. The van der Waals surface area contributed by atoms with Crippen molar-refractivity contribution < 1.29 is 74.8 Å². The average molecular weight is 196 g/mol. The minimum atomic E-state index is -4.64. The zero-order valence-corrected chi connectivity index (χ0v) is 10.3. The van der Waals surface area contributed by atoms with Crippen LogP contribution in [-0.4, -0.2) is 37.7 Å². The predicted molar refractivity (Wildman–Crippen MR) is 23.4 cm³/mol. The van der Waals surface area contributed by atoms with Gasteiger partial charge in [0.25, 0.3) is 0 Å². The van der Waals surface area contributed by atoms with E-state index >= 15 is 0 Å². The molecule has 0 saturated heterocycles. The third kappa shape index (κ3) is 73.8. The van der Waals surface area contributed by atoms with Gasteiger partial charge in [0, 0.05) is 21.7 Å². The summed E-state index contributed by atoms with van der Waals surface area (Å²) in [7, 11) is -4.64. The Morgan fingerprint density at radius 1 is 1.25 bits per heavy atom. The smallest absolute Gasteiger partial charge is 1.00 e. The molecule has 0 amide bonds. The Morgan fingerprint density at radius 3 is 1.25 bits per heavy atom. The summed E-state index contributed by atoms with van der Waals surface area (Å²) < 4.78 is 8.88. The predicted octanol–water partition coefficient (Wildman–Crippen LogP) is -3.97. The minimum Gasteiger partial charge on any atom is -1.00 e. The van der Waals surface area contributed by atoms with Crippen LogP contribution in [0.5, 0.6) is 0 Å². The van der Waals surface area contributed by atoms with E-state index in [4.69, 9.17) is 19.2 Å². The largest absolute Gasteiger partial charge is 2.00 e. The maximum Gasteiger partial charge on any atom is 2.00 e. The van der Waals surface area contributed by atoms with Crippen LogP contribution in [0.2, 0.25) is 0 Å². The summed E-state index contributed by atoms with van der Waals surface area (Å²) in [6.45, 7) is 0. The van der Waals surface area contributed by atoms with Gasteiger partial charge in [-0.15, -0.1) is 0 Å². The quantitative estimate of drug-likeness (QED) is 0.273. The summed E-state index contributed by atoms with van der Waals surface area (Å²) in [5, 5.41) is 0. The summed E-state index contributed by atoms with van der Waals surface area (Å²) in [6, 6.07) is 0. The van der Waals surface area contributed by atoms with Gasteiger partial charge in [-0.2, -0.15) is 0 Å². The molecule has 0 heterocycles. The molecule has 8 heteroatoms. The van der Waals surface area contributed by atoms with Crippen molar-refractivity contribution in [3.8, 4) is 0 Å². The molecular formula is H6MgNaO4PTi. The van der Waals surface area contributed by atoms with Crippen LogP contribution in [0.4, 0.5) is 0 Å². The molecule has 0 bridgehead atoms. The van der Waals surface area contributed by atoms with E-state index in [1.165, 1.54) is 0 Å². The van der Waals surface area contributed by atoms with Crippen LogP contribution in [0.1, 0.15) is 4.28 Å². The fourth-order valence-corrected chi connectivity index (χ4v) is 0. The molecule has 8 heavy (non-hydrogen) atoms. The molecule has 0 aliphatic rings. The molecule has 0 aliphatic heterocycles. The van der Waals surface area contributed by atoms with Crippen molar-refractivity contribution in [3.05, 3.63) is 0 Å². The molecule has 0 aliphatic carbocycles. The van der Waals surface area contributed by atoms with Crippen molar-refractivity contribution in [3.63, 3.8) is 0 Å². The van der Waals surface area contributed by atoms with Crippen molar-refractivity contribution in [2.75, 3.05) is 0 Å². The van der Waals surface area contributed by atoms with E-state index in [0.717, 1.165) is 0 Å². The molecule has 0 radical (unpaired) electrons. The van der Waals surface area contributed by atoms with Crippen molar-refractivity contribution in [1.29, 1.82) is 0 Å². The van der Waals surface area contributed by atoms with Gasteiger partial charge in [-0.25, -0.2) is 4.57 Å². The number of phosphoric acid groups is 1. The Bertz CT molecular complexity index is 71.5. The van der Waals surface area contributed by atoms with Gasteiger partial charge in [0.1, 0.15) is 0 Å². The minimum absolute atomic E-state index is 0. The van der Waals surface area contributed by atoms with E-state index in [0.29, 0.717) is 0 Å². The molecule has 0 atom stereocenters. The second kappa shape index (κ2) is 9.59. The Labute approximate surface area is 104 Å². The molecule has 42 valence electrons. The van der Waals surface area contributed by atoms with Gasteiger partial charge in [0.2, 0.25) is 0 Å². The third-order valence-electron chi connectivity index (χ3n) is 0. The second-order valence-corrected chi connectivity index (χ2v) is 1.54. The standard InChI is InChI=1S/Mg.Na.H3O4P.Ti.3H/c;;1-5(2,3)4;;;;/h;;(H3,1,2,3,4);;;;/q+2;+1;;;3*-1. The monoisotopic (exact) mass is 196 g/mol. The zero-order chi connectivity index (χ0) is 4.50. The maximum atomic E-state index is 8.88. The summed E-state index contributed by atoms with van der Waals surface area (Å²) in [5.41, 5.74) is 0. The molecule has 4 nitrogen and oxygen atoms in total. The topological polar surface area (TPSA) is 77.8 Å². The average Bonchev–Trinajstić information content (AvgIpc) is 0.722. The molecule has 0 unspecified atom stereocenters. The van der Waals surface area contributed by atoms with Crippen molar-refractivity contribution in [1.82, 2.24) is 0 Å². The molecule has 0 aromatic carbocycles. The first-order chi connectivity index (χ1) is 2.00. The molecular weight excluding hydrogens is 190 g/mol. The van der Waals surface area contributed by atoms with Crippen molar-refractivity contribution in [2.45, 2.75) is 0 Å². The van der Waals surface area contributed by atoms with Crippen LogP contribution >= 0.6 is 7.82 Å². The van der Waals surface area contributed by atoms with Crippen LogP contribution in [0.25, 0.3) is 0 Å². The Hall–Kier alpha value is 2.59. The first kappa shape index (κ1) is 22.4. The van der Waals surface area contributed by atoms with E-state index in [-0.39, 0.29) is 78.6 Å². The van der Waals surface area contributed by atoms with Gasteiger partial charge in [0.05, 0.1) is 0 Å². The Kier molecular flexibility index (Phi) is 26.9. The Balaban J connectivity index is -0.00000000533. The zero-order valence-electron chi connectivity index (χ0n) is 7.40. The van der Waals surface area contributed by atoms with Gasteiger partial charge in [-0.1, -0.05) is 0 Å². The number of hydrogen-bond acceptors (Lipinski definition) is 1. The third-order valence-corrected chi connectivity index (χ3v) is 0. The maximum absolute atomic E-state index is 8.88. The van der Waals surface area contributed by atoms with Crippen LogP contribution in [0, 0.1) is 0 Å². The van der Waals surface area contributed by atoms with Crippen LogP contribution in [-0.2, 0) is 26.3 Å². The van der Waals surface area contributed by atoms with Crippen molar-refractivity contribution in [2.24, 2.45) is 0 Å². The fraction of sp³-hybridized carbons (Fsp3) is 0. The van der Waals surface area contributed by atoms with Crippen LogP contribution in [0.3, 0.4) is 0 Å². The molecule has 0 aromatic rings. The van der Waals surface area contributed by atoms with Crippen LogP contribution < -0.4 is 29.6 Å². The molecule has 0 fully saturated rings. The first-order valence-corrected chi connectivity index (χ1v) is 2.35. The summed E-state index contributed by atoms with van der Waals surface area (Å²) in [4.78, 5) is 21.6. The van der Waals surface area contributed by atoms with Crippen LogP contribution in [0.15, 0.2) is 0 Å². The Morgan fingerprint density at radius 2 is 1.25 bits per heavy atom. The second-order valence-electron chi connectivity index (χ2n) is 0.513. The number of hydrogen-bond donors (Lipinski definition) is 3. The normalized spacial score (nSPS) is 7.38. The fourth-order valence-electron chi connectivity index (χ4n) is 0. The molecule has 0 rings (SSSR count). The first-order valence-electron chi connectivity index (χ1n) is 0.783. The van der Waals surface area contributed by atoms with E-state index in [1.54, 1.807) is 0 Å². The van der Waals surface area contributed by atoms with E-state index in [9.17, 15) is 0 Å². The molecule has 3 N–H and O–H groups in total. The number of rotatable bonds is 0.